The number of rotatable bonds is 5. The highest BCUT2D eigenvalue weighted by Gasteiger charge is 2.42. The molecule has 2 aliphatic heterocycles. The van der Waals surface area contributed by atoms with E-state index in [0.717, 1.165) is 18.5 Å². The number of piperazine rings is 1. The first-order valence-corrected chi connectivity index (χ1v) is 13.4. The summed E-state index contributed by atoms with van der Waals surface area (Å²) in [6.07, 6.45) is -3.09. The van der Waals surface area contributed by atoms with E-state index in [4.69, 9.17) is 4.42 Å². The lowest BCUT2D eigenvalue weighted by Gasteiger charge is -2.36. The highest BCUT2D eigenvalue weighted by atomic mass is 19.4. The van der Waals surface area contributed by atoms with Gasteiger partial charge in [-0.25, -0.2) is 9.18 Å². The van der Waals surface area contributed by atoms with Crippen molar-refractivity contribution in [2.75, 3.05) is 59.7 Å². The number of urea groups is 1. The second kappa shape index (κ2) is 11.7. The SMILES string of the molecule is CC1CCCN(c2nc(C(F)(F)F)c(C(=O)Nc3ccc(N4CCN(C(=O)Nc5ccccc5F)CC4)cc3)o2)C1. The van der Waals surface area contributed by atoms with Crippen LogP contribution in [0.1, 0.15) is 36.0 Å². The molecule has 2 aliphatic rings. The predicted octanol–water partition coefficient (Wildman–Crippen LogP) is 5.68. The van der Waals surface area contributed by atoms with E-state index in [9.17, 15) is 27.2 Å². The number of carbonyl (C=O) groups excluding carboxylic acids is 2. The molecule has 1 unspecified atom stereocenters. The van der Waals surface area contributed by atoms with Crippen molar-refractivity contribution in [2.45, 2.75) is 25.9 Å². The monoisotopic (exact) mass is 574 g/mol. The molecular weight excluding hydrogens is 544 g/mol. The van der Waals surface area contributed by atoms with Crippen LogP contribution in [0.4, 0.5) is 45.4 Å². The van der Waals surface area contributed by atoms with E-state index >= 15 is 0 Å². The summed E-state index contributed by atoms with van der Waals surface area (Å²) in [4.78, 5) is 34.3. The number of alkyl halides is 3. The number of halogens is 4. The lowest BCUT2D eigenvalue weighted by atomic mass is 10.0. The number of hydrogen-bond donors (Lipinski definition) is 2. The van der Waals surface area contributed by atoms with Crippen molar-refractivity contribution in [1.29, 1.82) is 0 Å². The van der Waals surface area contributed by atoms with Crippen LogP contribution in [0.15, 0.2) is 52.9 Å². The molecule has 9 nitrogen and oxygen atoms in total. The first-order chi connectivity index (χ1) is 19.6. The summed E-state index contributed by atoms with van der Waals surface area (Å²) in [7, 11) is 0. The Labute approximate surface area is 234 Å². The van der Waals surface area contributed by atoms with Gasteiger partial charge in [0.25, 0.3) is 11.9 Å². The molecule has 1 aromatic heterocycles. The van der Waals surface area contributed by atoms with Crippen LogP contribution in [0, 0.1) is 11.7 Å². The molecule has 2 saturated heterocycles. The molecule has 2 fully saturated rings. The van der Waals surface area contributed by atoms with Gasteiger partial charge < -0.3 is 29.8 Å². The highest BCUT2D eigenvalue weighted by Crippen LogP contribution is 2.35. The smallest absolute Gasteiger partial charge is 0.417 e. The Morgan fingerprint density at radius 2 is 1.66 bits per heavy atom. The van der Waals surface area contributed by atoms with Gasteiger partial charge in [0, 0.05) is 50.6 Å². The maximum atomic E-state index is 13.8. The molecule has 3 amide bonds. The number of nitrogens with one attached hydrogen (secondary N) is 2. The fraction of sp³-hybridized carbons (Fsp3) is 0.393. The molecule has 0 spiro atoms. The molecular formula is C28H30F4N6O3. The molecule has 2 aromatic carbocycles. The molecule has 0 saturated carbocycles. The van der Waals surface area contributed by atoms with Crippen molar-refractivity contribution in [3.05, 3.63) is 65.8 Å². The van der Waals surface area contributed by atoms with Crippen molar-refractivity contribution in [3.63, 3.8) is 0 Å². The first-order valence-electron chi connectivity index (χ1n) is 13.4. The minimum Gasteiger partial charge on any atom is -0.417 e. The number of oxazole rings is 1. The van der Waals surface area contributed by atoms with Gasteiger partial charge in [0.15, 0.2) is 5.69 Å². The number of amides is 3. The number of hydrogen-bond acceptors (Lipinski definition) is 6. The maximum absolute atomic E-state index is 13.8. The molecule has 218 valence electrons. The molecule has 3 aromatic rings. The Morgan fingerprint density at radius 1 is 0.951 bits per heavy atom. The Bertz CT molecular complexity index is 1390. The first kappa shape index (κ1) is 28.2. The molecule has 13 heteroatoms. The van der Waals surface area contributed by atoms with Crippen molar-refractivity contribution in [3.8, 4) is 0 Å². The Hall–Kier alpha value is -4.29. The van der Waals surface area contributed by atoms with E-state index < -0.39 is 35.4 Å². The van der Waals surface area contributed by atoms with Crippen LogP contribution < -0.4 is 20.4 Å². The summed E-state index contributed by atoms with van der Waals surface area (Å²) < 4.78 is 60.3. The highest BCUT2D eigenvalue weighted by molar-refractivity contribution is 6.03. The molecule has 1 atom stereocenters. The largest absolute Gasteiger partial charge is 0.437 e. The van der Waals surface area contributed by atoms with Crippen LogP contribution in [-0.4, -0.2) is 61.1 Å². The number of carbonyl (C=O) groups is 2. The van der Waals surface area contributed by atoms with Gasteiger partial charge in [-0.05, 0) is 55.2 Å². The topological polar surface area (TPSA) is 94.0 Å². The van der Waals surface area contributed by atoms with E-state index in [1.807, 2.05) is 11.8 Å². The quantitative estimate of drug-likeness (QED) is 0.381. The van der Waals surface area contributed by atoms with Gasteiger partial charge in [0.05, 0.1) is 5.69 Å². The molecule has 0 aliphatic carbocycles. The van der Waals surface area contributed by atoms with Gasteiger partial charge in [0.1, 0.15) is 5.82 Å². The Kier molecular flexibility index (Phi) is 8.04. The molecule has 41 heavy (non-hydrogen) atoms. The molecule has 3 heterocycles. The zero-order valence-electron chi connectivity index (χ0n) is 22.4. The summed E-state index contributed by atoms with van der Waals surface area (Å²) >= 11 is 0. The van der Waals surface area contributed by atoms with Crippen molar-refractivity contribution in [1.82, 2.24) is 9.88 Å². The zero-order chi connectivity index (χ0) is 29.1. The van der Waals surface area contributed by atoms with Crippen LogP contribution in [0.3, 0.4) is 0 Å². The normalized spacial score (nSPS) is 17.9. The lowest BCUT2D eigenvalue weighted by molar-refractivity contribution is -0.141. The van der Waals surface area contributed by atoms with E-state index in [1.165, 1.54) is 12.1 Å². The van der Waals surface area contributed by atoms with Crippen LogP contribution in [0.25, 0.3) is 0 Å². The van der Waals surface area contributed by atoms with Gasteiger partial charge >= 0.3 is 12.2 Å². The van der Waals surface area contributed by atoms with Crippen LogP contribution in [0.2, 0.25) is 0 Å². The number of para-hydroxylation sites is 1. The van der Waals surface area contributed by atoms with Crippen molar-refractivity contribution in [2.24, 2.45) is 5.92 Å². The summed E-state index contributed by atoms with van der Waals surface area (Å²) in [6.45, 7) is 4.86. The second-order valence-corrected chi connectivity index (χ2v) is 10.3. The van der Waals surface area contributed by atoms with Crippen LogP contribution in [0.5, 0.6) is 0 Å². The van der Waals surface area contributed by atoms with Crippen molar-refractivity contribution >= 4 is 35.0 Å². The molecule has 2 N–H and O–H groups in total. The zero-order valence-corrected chi connectivity index (χ0v) is 22.4. The fourth-order valence-corrected chi connectivity index (χ4v) is 5.02. The number of aromatic nitrogens is 1. The van der Waals surface area contributed by atoms with Gasteiger partial charge in [-0.1, -0.05) is 19.1 Å². The summed E-state index contributed by atoms with van der Waals surface area (Å²) in [5, 5.41) is 5.05. The average molecular weight is 575 g/mol. The third kappa shape index (κ3) is 6.55. The van der Waals surface area contributed by atoms with E-state index in [-0.39, 0.29) is 17.6 Å². The third-order valence-electron chi connectivity index (χ3n) is 7.19. The fourth-order valence-electron chi connectivity index (χ4n) is 5.02. The molecule has 0 bridgehead atoms. The maximum Gasteiger partial charge on any atom is 0.437 e. The van der Waals surface area contributed by atoms with Gasteiger partial charge in [-0.15, -0.1) is 0 Å². The Balaban J connectivity index is 1.20. The summed E-state index contributed by atoms with van der Waals surface area (Å²) in [6, 6.07) is 12.0. The molecule has 5 rings (SSSR count). The van der Waals surface area contributed by atoms with Gasteiger partial charge in [-0.2, -0.15) is 18.2 Å². The second-order valence-electron chi connectivity index (χ2n) is 10.3. The summed E-state index contributed by atoms with van der Waals surface area (Å²) in [5.74, 6) is -2.15. The van der Waals surface area contributed by atoms with E-state index in [1.54, 1.807) is 46.2 Å². The van der Waals surface area contributed by atoms with Gasteiger partial charge in [-0.3, -0.25) is 4.79 Å². The minimum atomic E-state index is -4.85. The number of nitrogens with zero attached hydrogens (tertiary/aromatic N) is 4. The predicted molar refractivity (Wildman–Crippen MR) is 146 cm³/mol. The van der Waals surface area contributed by atoms with Crippen LogP contribution in [-0.2, 0) is 6.18 Å². The van der Waals surface area contributed by atoms with E-state index in [0.29, 0.717) is 45.0 Å². The average Bonchev–Trinajstić information content (AvgIpc) is 3.42. The lowest BCUT2D eigenvalue weighted by Crippen LogP contribution is -2.50. The number of piperidine rings is 1. The number of anilines is 4. The standard InChI is InChI=1S/C28H30F4N6O3/c1-18-5-4-12-38(17-18)27-35-24(28(30,31)32)23(41-27)25(39)33-19-8-10-20(11-9-19)36-13-15-37(16-14-36)26(40)34-22-7-3-2-6-21(22)29/h2-3,6-11,18H,4-5,12-17H2,1H3,(H,33,39)(H,34,40). The third-order valence-corrected chi connectivity index (χ3v) is 7.19. The van der Waals surface area contributed by atoms with Crippen LogP contribution >= 0.6 is 0 Å². The Morgan fingerprint density at radius 3 is 2.32 bits per heavy atom. The van der Waals surface area contributed by atoms with E-state index in [2.05, 4.69) is 15.6 Å². The summed E-state index contributed by atoms with van der Waals surface area (Å²) in [5.41, 5.74) is -0.132. The minimum absolute atomic E-state index is 0.113. The molecule has 0 radical (unpaired) electrons. The van der Waals surface area contributed by atoms with Gasteiger partial charge in [0.2, 0.25) is 5.76 Å². The number of benzene rings is 2. The van der Waals surface area contributed by atoms with Crippen molar-refractivity contribution < 1.29 is 31.6 Å².